The van der Waals surface area contributed by atoms with Crippen LogP contribution in [-0.4, -0.2) is 56.4 Å². The SMILES string of the molecule is CCN(CC(=O)NC(C)C)C(=O)CCc1c(C)nc2c(C(N)=O)cnn2c1C. The number of primary amides is 1. The molecule has 0 fully saturated rings. The molecule has 0 aliphatic carbocycles. The first-order valence-corrected chi connectivity index (χ1v) is 9.36. The number of aromatic nitrogens is 3. The summed E-state index contributed by atoms with van der Waals surface area (Å²) in [5.41, 5.74) is 8.47. The molecule has 3 amide bonds. The van der Waals surface area contributed by atoms with Crippen LogP contribution in [0.5, 0.6) is 0 Å². The van der Waals surface area contributed by atoms with Gasteiger partial charge in [0.1, 0.15) is 5.56 Å². The van der Waals surface area contributed by atoms with E-state index in [1.165, 1.54) is 11.1 Å². The Labute approximate surface area is 164 Å². The molecule has 9 heteroatoms. The second kappa shape index (κ2) is 8.81. The summed E-state index contributed by atoms with van der Waals surface area (Å²) in [5.74, 6) is -0.850. The Balaban J connectivity index is 2.15. The van der Waals surface area contributed by atoms with E-state index in [9.17, 15) is 14.4 Å². The van der Waals surface area contributed by atoms with Crippen molar-refractivity contribution in [2.24, 2.45) is 5.73 Å². The van der Waals surface area contributed by atoms with Crippen LogP contribution in [0.3, 0.4) is 0 Å². The molecule has 152 valence electrons. The van der Waals surface area contributed by atoms with Crippen LogP contribution in [0.15, 0.2) is 6.20 Å². The first-order valence-electron chi connectivity index (χ1n) is 9.36. The van der Waals surface area contributed by atoms with Crippen LogP contribution in [0.2, 0.25) is 0 Å². The summed E-state index contributed by atoms with van der Waals surface area (Å²) in [4.78, 5) is 42.0. The van der Waals surface area contributed by atoms with Crippen LogP contribution in [0.25, 0.3) is 5.65 Å². The lowest BCUT2D eigenvalue weighted by atomic mass is 10.1. The third kappa shape index (κ3) is 4.65. The maximum Gasteiger partial charge on any atom is 0.254 e. The number of amides is 3. The topological polar surface area (TPSA) is 123 Å². The number of hydrogen-bond donors (Lipinski definition) is 2. The lowest BCUT2D eigenvalue weighted by Crippen LogP contribution is -2.42. The highest BCUT2D eigenvalue weighted by atomic mass is 16.2. The van der Waals surface area contributed by atoms with Gasteiger partial charge in [0.2, 0.25) is 11.8 Å². The van der Waals surface area contributed by atoms with Crippen LogP contribution in [0.4, 0.5) is 0 Å². The summed E-state index contributed by atoms with van der Waals surface area (Å²) in [7, 11) is 0. The zero-order valence-electron chi connectivity index (χ0n) is 17.1. The molecule has 0 saturated carbocycles. The maximum absolute atomic E-state index is 12.6. The number of nitrogens with two attached hydrogens (primary N) is 1. The van der Waals surface area contributed by atoms with Gasteiger partial charge in [0, 0.05) is 30.4 Å². The van der Waals surface area contributed by atoms with Crippen LogP contribution >= 0.6 is 0 Å². The number of hydrogen-bond acceptors (Lipinski definition) is 5. The van der Waals surface area contributed by atoms with Gasteiger partial charge in [-0.1, -0.05) is 0 Å². The number of nitrogens with one attached hydrogen (secondary N) is 1. The summed E-state index contributed by atoms with van der Waals surface area (Å²) in [6.07, 6.45) is 2.12. The second-order valence-corrected chi connectivity index (χ2v) is 7.05. The molecule has 0 unspecified atom stereocenters. The molecule has 0 spiro atoms. The van der Waals surface area contributed by atoms with Crippen LogP contribution in [0.1, 0.15) is 54.5 Å². The van der Waals surface area contributed by atoms with Crippen molar-refractivity contribution in [2.45, 2.75) is 53.5 Å². The fourth-order valence-corrected chi connectivity index (χ4v) is 3.15. The minimum atomic E-state index is -0.581. The van der Waals surface area contributed by atoms with E-state index in [1.807, 2.05) is 34.6 Å². The quantitative estimate of drug-likeness (QED) is 0.691. The highest BCUT2D eigenvalue weighted by Gasteiger charge is 2.19. The number of carbonyl (C=O) groups is 3. The molecular formula is C19H28N6O3. The molecule has 0 aliphatic heterocycles. The van der Waals surface area contributed by atoms with Crippen molar-refractivity contribution in [3.63, 3.8) is 0 Å². The van der Waals surface area contributed by atoms with E-state index in [1.54, 1.807) is 4.52 Å². The molecule has 0 radical (unpaired) electrons. The average molecular weight is 388 g/mol. The van der Waals surface area contributed by atoms with Gasteiger partial charge in [0.05, 0.1) is 12.7 Å². The van der Waals surface area contributed by atoms with Crippen molar-refractivity contribution >= 4 is 23.4 Å². The van der Waals surface area contributed by atoms with Crippen molar-refractivity contribution in [1.82, 2.24) is 24.8 Å². The molecule has 9 nitrogen and oxygen atoms in total. The molecule has 2 aromatic heterocycles. The predicted molar refractivity (Wildman–Crippen MR) is 105 cm³/mol. The number of likely N-dealkylation sites (N-methyl/N-ethyl adjacent to an activating group) is 1. The van der Waals surface area contributed by atoms with Gasteiger partial charge in [0.15, 0.2) is 5.65 Å². The van der Waals surface area contributed by atoms with Gasteiger partial charge in [-0.15, -0.1) is 0 Å². The Morgan fingerprint density at radius 3 is 2.54 bits per heavy atom. The van der Waals surface area contributed by atoms with Gasteiger partial charge in [-0.3, -0.25) is 14.4 Å². The predicted octanol–water partition coefficient (Wildman–Crippen LogP) is 0.751. The normalized spacial score (nSPS) is 11.1. The fourth-order valence-electron chi connectivity index (χ4n) is 3.15. The lowest BCUT2D eigenvalue weighted by molar-refractivity contribution is -0.136. The molecule has 2 heterocycles. The number of fused-ring (bicyclic) bond motifs is 1. The highest BCUT2D eigenvalue weighted by Crippen LogP contribution is 2.18. The van der Waals surface area contributed by atoms with Gasteiger partial charge in [-0.05, 0) is 46.6 Å². The Hall–Kier alpha value is -2.97. The zero-order chi connectivity index (χ0) is 21.0. The van der Waals surface area contributed by atoms with E-state index in [-0.39, 0.29) is 36.4 Å². The van der Waals surface area contributed by atoms with Crippen molar-refractivity contribution in [2.75, 3.05) is 13.1 Å². The van der Waals surface area contributed by atoms with Crippen molar-refractivity contribution in [3.05, 3.63) is 28.7 Å². The third-order valence-corrected chi connectivity index (χ3v) is 4.58. The highest BCUT2D eigenvalue weighted by molar-refractivity contribution is 5.98. The van der Waals surface area contributed by atoms with E-state index in [4.69, 9.17) is 5.73 Å². The molecule has 0 aromatic carbocycles. The van der Waals surface area contributed by atoms with E-state index in [0.717, 1.165) is 17.0 Å². The van der Waals surface area contributed by atoms with Crippen molar-refractivity contribution in [1.29, 1.82) is 0 Å². The lowest BCUT2D eigenvalue weighted by Gasteiger charge is -2.21. The van der Waals surface area contributed by atoms with E-state index in [2.05, 4.69) is 15.4 Å². The van der Waals surface area contributed by atoms with Crippen LogP contribution < -0.4 is 11.1 Å². The molecule has 0 bridgehead atoms. The molecule has 0 saturated heterocycles. The summed E-state index contributed by atoms with van der Waals surface area (Å²) in [6, 6.07) is 0.0313. The van der Waals surface area contributed by atoms with Crippen LogP contribution in [-0.2, 0) is 16.0 Å². The molecule has 28 heavy (non-hydrogen) atoms. The fraction of sp³-hybridized carbons (Fsp3) is 0.526. The summed E-state index contributed by atoms with van der Waals surface area (Å²) >= 11 is 0. The molecule has 0 atom stereocenters. The van der Waals surface area contributed by atoms with Gasteiger partial charge < -0.3 is 16.0 Å². The van der Waals surface area contributed by atoms with E-state index >= 15 is 0 Å². The molecule has 2 aromatic rings. The van der Waals surface area contributed by atoms with E-state index < -0.39 is 5.91 Å². The Morgan fingerprint density at radius 2 is 1.96 bits per heavy atom. The first-order chi connectivity index (χ1) is 13.1. The Morgan fingerprint density at radius 1 is 1.29 bits per heavy atom. The van der Waals surface area contributed by atoms with Crippen LogP contribution in [0, 0.1) is 13.8 Å². The third-order valence-electron chi connectivity index (χ3n) is 4.58. The zero-order valence-corrected chi connectivity index (χ0v) is 17.1. The standard InChI is InChI=1S/C19H28N6O3/c1-6-24(10-16(26)22-11(2)3)17(27)8-7-14-12(4)23-19-15(18(20)28)9-21-25(19)13(14)5/h9,11H,6-8,10H2,1-5H3,(H2,20,28)(H,22,26). The number of carbonyl (C=O) groups excluding carboxylic acids is 3. The monoisotopic (exact) mass is 388 g/mol. The van der Waals surface area contributed by atoms with E-state index in [0.29, 0.717) is 18.6 Å². The van der Waals surface area contributed by atoms with Gasteiger partial charge in [0.25, 0.3) is 5.91 Å². The molecule has 2 rings (SSSR count). The second-order valence-electron chi connectivity index (χ2n) is 7.05. The molecule has 3 N–H and O–H groups in total. The van der Waals surface area contributed by atoms with Gasteiger partial charge in [-0.2, -0.15) is 5.10 Å². The van der Waals surface area contributed by atoms with Gasteiger partial charge >= 0.3 is 0 Å². The minimum Gasteiger partial charge on any atom is -0.365 e. The smallest absolute Gasteiger partial charge is 0.254 e. The Bertz CT molecular complexity index is 903. The number of rotatable bonds is 8. The minimum absolute atomic E-state index is 0.0313. The average Bonchev–Trinajstić information content (AvgIpc) is 3.02. The first kappa shape index (κ1) is 21.3. The van der Waals surface area contributed by atoms with Crippen molar-refractivity contribution < 1.29 is 14.4 Å². The summed E-state index contributed by atoms with van der Waals surface area (Å²) < 4.78 is 1.57. The van der Waals surface area contributed by atoms with Crippen molar-refractivity contribution in [3.8, 4) is 0 Å². The number of aryl methyl sites for hydroxylation is 2. The maximum atomic E-state index is 12.6. The summed E-state index contributed by atoms with van der Waals surface area (Å²) in [5, 5.41) is 6.99. The Kier molecular flexibility index (Phi) is 6.71. The molecular weight excluding hydrogens is 360 g/mol. The largest absolute Gasteiger partial charge is 0.365 e. The van der Waals surface area contributed by atoms with Gasteiger partial charge in [-0.25, -0.2) is 9.50 Å². The molecule has 0 aliphatic rings. The summed E-state index contributed by atoms with van der Waals surface area (Å²) in [6.45, 7) is 9.81. The number of nitrogens with zero attached hydrogens (tertiary/aromatic N) is 4.